The van der Waals surface area contributed by atoms with E-state index in [2.05, 4.69) is 16.9 Å². The molecule has 4 heterocycles. The van der Waals surface area contributed by atoms with Crippen LogP contribution in [0.3, 0.4) is 0 Å². The van der Waals surface area contributed by atoms with Crippen molar-refractivity contribution in [2.24, 2.45) is 11.3 Å². The molecule has 1 saturated carbocycles. The van der Waals surface area contributed by atoms with Crippen LogP contribution in [0.1, 0.15) is 32.3 Å². The van der Waals surface area contributed by atoms with Crippen LogP contribution in [0.15, 0.2) is 18.5 Å². The number of likely N-dealkylation sites (tertiary alicyclic amines) is 1. The Labute approximate surface area is 151 Å². The molecule has 1 aliphatic carbocycles. The van der Waals surface area contributed by atoms with E-state index < -0.39 is 12.7 Å². The molecule has 8 heteroatoms. The van der Waals surface area contributed by atoms with Gasteiger partial charge in [0.1, 0.15) is 5.65 Å². The van der Waals surface area contributed by atoms with Crippen LogP contribution >= 0.6 is 0 Å². The van der Waals surface area contributed by atoms with E-state index in [0.29, 0.717) is 19.7 Å². The molecule has 0 radical (unpaired) electrons. The largest absolute Gasteiger partial charge is 0.493 e. The Balaban J connectivity index is 1.49. The number of carbonyl (C=O) groups excluding carboxylic acids is 1. The predicted octanol–water partition coefficient (Wildman–Crippen LogP) is 1.36. The Kier molecular flexibility index (Phi) is 3.25. The minimum atomic E-state index is -0.945. The van der Waals surface area contributed by atoms with Gasteiger partial charge in [-0.15, -0.1) is 0 Å². The lowest BCUT2D eigenvalue weighted by Gasteiger charge is -2.59. The highest BCUT2D eigenvalue weighted by atomic mass is 16.6. The molecule has 26 heavy (non-hydrogen) atoms. The second kappa shape index (κ2) is 5.23. The summed E-state index contributed by atoms with van der Waals surface area (Å²) in [4.78, 5) is 21.4. The Hall–Kier alpha value is -2.06. The Bertz CT molecular complexity index is 902. The zero-order chi connectivity index (χ0) is 18.1. The minimum absolute atomic E-state index is 0.0139. The van der Waals surface area contributed by atoms with Gasteiger partial charge >= 0.3 is 13.2 Å². The van der Waals surface area contributed by atoms with E-state index in [-0.39, 0.29) is 17.4 Å². The fourth-order valence-corrected chi connectivity index (χ4v) is 5.41. The summed E-state index contributed by atoms with van der Waals surface area (Å²) < 4.78 is 11.3. The number of amides is 1. The van der Waals surface area contributed by atoms with Gasteiger partial charge in [0, 0.05) is 36.3 Å². The smallest absolute Gasteiger partial charge is 0.450 e. The minimum Gasteiger partial charge on any atom is -0.450 e. The molecule has 2 aliphatic heterocycles. The van der Waals surface area contributed by atoms with Gasteiger partial charge < -0.3 is 24.3 Å². The molecular weight excluding hydrogens is 333 g/mol. The van der Waals surface area contributed by atoms with Gasteiger partial charge in [0.25, 0.3) is 0 Å². The number of ether oxygens (including phenoxy) is 1. The van der Waals surface area contributed by atoms with E-state index in [1.54, 1.807) is 11.1 Å². The molecule has 1 saturated heterocycles. The summed E-state index contributed by atoms with van der Waals surface area (Å²) in [5, 5.41) is 11.5. The summed E-state index contributed by atoms with van der Waals surface area (Å²) in [7, 11) is -0.945. The molecule has 2 fully saturated rings. The first kappa shape index (κ1) is 16.1. The number of hydrogen-bond donors (Lipinski definition) is 2. The number of carbonyl (C=O) groups is 1. The molecule has 3 aliphatic rings. The van der Waals surface area contributed by atoms with Gasteiger partial charge in [0.15, 0.2) is 0 Å². The second-order valence-corrected chi connectivity index (χ2v) is 7.82. The molecule has 2 N–H and O–H groups in total. The quantitative estimate of drug-likeness (QED) is 0.755. The van der Waals surface area contributed by atoms with Crippen LogP contribution in [0.5, 0.6) is 0 Å². The van der Waals surface area contributed by atoms with Gasteiger partial charge in [-0.05, 0) is 42.7 Å². The predicted molar refractivity (Wildman–Crippen MR) is 95.9 cm³/mol. The topological polar surface area (TPSA) is 87.7 Å². The number of rotatable bonds is 1. The van der Waals surface area contributed by atoms with Crippen molar-refractivity contribution in [3.05, 3.63) is 24.0 Å². The lowest BCUT2D eigenvalue weighted by atomic mass is 9.49. The SMILES string of the molecule is CCOC(=O)N1CCC2(C1)CC1(OB(O)c3cnc4[nH]ccc4c31)C2C. The normalized spacial score (nSPS) is 32.5. The summed E-state index contributed by atoms with van der Waals surface area (Å²) >= 11 is 0. The zero-order valence-electron chi connectivity index (χ0n) is 15.0. The van der Waals surface area contributed by atoms with E-state index in [1.807, 2.05) is 19.2 Å². The molecule has 2 aromatic heterocycles. The molecule has 5 rings (SSSR count). The fourth-order valence-electron chi connectivity index (χ4n) is 5.41. The second-order valence-electron chi connectivity index (χ2n) is 7.82. The van der Waals surface area contributed by atoms with E-state index in [0.717, 1.165) is 34.9 Å². The van der Waals surface area contributed by atoms with Crippen LogP contribution in [0.2, 0.25) is 0 Å². The molecule has 0 bridgehead atoms. The van der Waals surface area contributed by atoms with Crippen molar-refractivity contribution in [1.29, 1.82) is 0 Å². The van der Waals surface area contributed by atoms with E-state index >= 15 is 0 Å². The highest BCUT2D eigenvalue weighted by molar-refractivity contribution is 6.62. The van der Waals surface area contributed by atoms with Crippen LogP contribution in [-0.4, -0.2) is 52.8 Å². The number of aromatic nitrogens is 2. The highest BCUT2D eigenvalue weighted by Crippen LogP contribution is 2.66. The van der Waals surface area contributed by atoms with Gasteiger partial charge in [-0.25, -0.2) is 9.78 Å². The van der Waals surface area contributed by atoms with Crippen LogP contribution in [0, 0.1) is 11.3 Å². The van der Waals surface area contributed by atoms with Crippen molar-refractivity contribution in [2.75, 3.05) is 19.7 Å². The first-order chi connectivity index (χ1) is 12.5. The van der Waals surface area contributed by atoms with Crippen LogP contribution in [-0.2, 0) is 15.0 Å². The third-order valence-corrected chi connectivity index (χ3v) is 6.77. The third-order valence-electron chi connectivity index (χ3n) is 6.77. The van der Waals surface area contributed by atoms with Gasteiger partial charge in [0.05, 0.1) is 12.2 Å². The summed E-state index contributed by atoms with van der Waals surface area (Å²) in [6, 6.07) is 2.00. The number of nitrogens with zero attached hydrogens (tertiary/aromatic N) is 2. The van der Waals surface area contributed by atoms with E-state index in [9.17, 15) is 9.82 Å². The molecule has 0 aromatic carbocycles. The standard InChI is InChI=1S/C18H22BN3O4/c1-3-25-16(23)22-7-5-17(10-22)9-18(11(17)2)14-12-4-6-20-15(12)21-8-13(14)19(24)26-18/h4,6,8,11,24H,3,5,7,9-10H2,1-2H3,(H,20,21). The molecular formula is C18H22BN3O4. The first-order valence-corrected chi connectivity index (χ1v) is 9.25. The Morgan fingerprint density at radius 2 is 2.46 bits per heavy atom. The maximum Gasteiger partial charge on any atom is 0.493 e. The van der Waals surface area contributed by atoms with Crippen molar-refractivity contribution in [3.63, 3.8) is 0 Å². The lowest BCUT2D eigenvalue weighted by Crippen LogP contribution is -2.60. The monoisotopic (exact) mass is 355 g/mol. The van der Waals surface area contributed by atoms with Crippen molar-refractivity contribution in [2.45, 2.75) is 32.3 Å². The average Bonchev–Trinajstić information content (AvgIpc) is 3.33. The molecule has 2 aromatic rings. The van der Waals surface area contributed by atoms with Crippen molar-refractivity contribution in [3.8, 4) is 0 Å². The number of fused-ring (bicyclic) bond motifs is 4. The number of nitrogens with one attached hydrogen (secondary N) is 1. The maximum atomic E-state index is 12.1. The fraction of sp³-hybridized carbons (Fsp3) is 0.556. The van der Waals surface area contributed by atoms with E-state index in [1.165, 1.54) is 0 Å². The van der Waals surface area contributed by atoms with Crippen LogP contribution < -0.4 is 5.46 Å². The summed E-state index contributed by atoms with van der Waals surface area (Å²) in [6.45, 7) is 5.79. The Morgan fingerprint density at radius 3 is 3.23 bits per heavy atom. The molecule has 1 amide bonds. The van der Waals surface area contributed by atoms with Gasteiger partial charge in [-0.3, -0.25) is 0 Å². The third kappa shape index (κ3) is 1.86. The van der Waals surface area contributed by atoms with Gasteiger partial charge in [-0.1, -0.05) is 6.92 Å². The molecule has 3 unspecified atom stereocenters. The summed E-state index contributed by atoms with van der Waals surface area (Å²) in [5.74, 6) is 0.186. The van der Waals surface area contributed by atoms with Crippen LogP contribution in [0.4, 0.5) is 4.79 Å². The number of aromatic amines is 1. The van der Waals surface area contributed by atoms with Gasteiger partial charge in [0.2, 0.25) is 0 Å². The van der Waals surface area contributed by atoms with E-state index in [4.69, 9.17) is 9.39 Å². The Morgan fingerprint density at radius 1 is 1.62 bits per heavy atom. The summed E-state index contributed by atoms with van der Waals surface area (Å²) in [5.41, 5.74) is 2.14. The number of H-pyrrole nitrogens is 1. The first-order valence-electron chi connectivity index (χ1n) is 9.25. The highest BCUT2D eigenvalue weighted by Gasteiger charge is 2.68. The molecule has 3 atom stereocenters. The van der Waals surface area contributed by atoms with Crippen LogP contribution in [0.25, 0.3) is 11.0 Å². The maximum absolute atomic E-state index is 12.1. The molecule has 136 valence electrons. The molecule has 2 spiro atoms. The average molecular weight is 355 g/mol. The van der Waals surface area contributed by atoms with Crippen molar-refractivity contribution >= 4 is 29.7 Å². The van der Waals surface area contributed by atoms with Crippen molar-refractivity contribution < 1.29 is 19.2 Å². The van der Waals surface area contributed by atoms with Gasteiger partial charge in [-0.2, -0.15) is 0 Å². The number of pyridine rings is 1. The summed E-state index contributed by atoms with van der Waals surface area (Å²) in [6.07, 6.45) is 5.08. The number of hydrogen-bond acceptors (Lipinski definition) is 5. The zero-order valence-corrected chi connectivity index (χ0v) is 15.0. The lowest BCUT2D eigenvalue weighted by molar-refractivity contribution is -0.171. The molecule has 7 nitrogen and oxygen atoms in total. The van der Waals surface area contributed by atoms with Crippen molar-refractivity contribution in [1.82, 2.24) is 14.9 Å².